The van der Waals surface area contributed by atoms with Crippen LogP contribution in [0, 0.1) is 20.8 Å². The molecule has 82 valence electrons. The summed E-state index contributed by atoms with van der Waals surface area (Å²) in [5, 5.41) is 1.95. The minimum atomic E-state index is -0.603. The Bertz CT molecular complexity index is 387. The maximum Gasteiger partial charge on any atom is 0.242 e. The Kier molecular flexibility index (Phi) is 3.75. The Morgan fingerprint density at radius 1 is 1.20 bits per heavy atom. The third kappa shape index (κ3) is 2.51. The van der Waals surface area contributed by atoms with E-state index in [4.69, 9.17) is 11.6 Å². The molecule has 0 aliphatic heterocycles. The molecule has 1 rings (SSSR count). The molecule has 0 bridgehead atoms. The largest absolute Gasteiger partial charge is 0.358 e. The molecule has 0 heterocycles. The number of hydrogen-bond acceptors (Lipinski definition) is 1. The molecule has 15 heavy (non-hydrogen) atoms. The summed E-state index contributed by atoms with van der Waals surface area (Å²) in [5.41, 5.74) is 4.32. The van der Waals surface area contributed by atoms with Crippen molar-refractivity contribution >= 4 is 17.5 Å². The number of likely N-dealkylation sites (N-methyl/N-ethyl adjacent to an activating group) is 1. The van der Waals surface area contributed by atoms with Crippen LogP contribution in [0.25, 0.3) is 0 Å². The van der Waals surface area contributed by atoms with Crippen molar-refractivity contribution in [3.05, 3.63) is 34.4 Å². The molecule has 1 N–H and O–H groups in total. The number of amides is 1. The van der Waals surface area contributed by atoms with Gasteiger partial charge < -0.3 is 5.32 Å². The van der Waals surface area contributed by atoms with Gasteiger partial charge in [-0.25, -0.2) is 0 Å². The summed E-state index contributed by atoms with van der Waals surface area (Å²) >= 11 is 6.07. The predicted octanol–water partition coefficient (Wildman–Crippen LogP) is 2.64. The van der Waals surface area contributed by atoms with Crippen LogP contribution in [0.4, 0.5) is 0 Å². The van der Waals surface area contributed by atoms with Gasteiger partial charge >= 0.3 is 0 Å². The molecule has 0 saturated heterocycles. The molecule has 1 aromatic rings. The number of halogens is 1. The van der Waals surface area contributed by atoms with Gasteiger partial charge in [0.05, 0.1) is 0 Å². The number of carbonyl (C=O) groups is 1. The molecule has 0 spiro atoms. The molecule has 0 radical (unpaired) electrons. The van der Waals surface area contributed by atoms with Crippen LogP contribution in [0.2, 0.25) is 0 Å². The third-order valence-electron chi connectivity index (χ3n) is 2.63. The van der Waals surface area contributed by atoms with Gasteiger partial charge in [-0.2, -0.15) is 0 Å². The van der Waals surface area contributed by atoms with Gasteiger partial charge in [0.25, 0.3) is 0 Å². The zero-order chi connectivity index (χ0) is 11.6. The Labute approximate surface area is 95.6 Å². The molecule has 1 aromatic carbocycles. The first-order chi connectivity index (χ1) is 6.97. The predicted molar refractivity (Wildman–Crippen MR) is 63.3 cm³/mol. The highest BCUT2D eigenvalue weighted by Gasteiger charge is 2.18. The summed E-state index contributed by atoms with van der Waals surface area (Å²) in [6.45, 7) is 6.04. The molecular weight excluding hydrogens is 210 g/mol. The lowest BCUT2D eigenvalue weighted by molar-refractivity contribution is -0.120. The number of aryl methyl sites for hydroxylation is 3. The Morgan fingerprint density at radius 3 is 2.27 bits per heavy atom. The normalized spacial score (nSPS) is 12.3. The van der Waals surface area contributed by atoms with Gasteiger partial charge in [0, 0.05) is 7.05 Å². The van der Waals surface area contributed by atoms with Crippen LogP contribution in [0.15, 0.2) is 12.1 Å². The van der Waals surface area contributed by atoms with Crippen molar-refractivity contribution in [1.82, 2.24) is 5.32 Å². The lowest BCUT2D eigenvalue weighted by Gasteiger charge is -2.13. The van der Waals surface area contributed by atoms with Crippen LogP contribution in [-0.4, -0.2) is 13.0 Å². The SMILES string of the molecule is CNC(=O)C(Cl)c1cc(C)c(C)cc1C. The van der Waals surface area contributed by atoms with Crippen molar-refractivity contribution in [2.45, 2.75) is 26.1 Å². The van der Waals surface area contributed by atoms with E-state index in [0.29, 0.717) is 0 Å². The third-order valence-corrected chi connectivity index (χ3v) is 3.07. The first-order valence-electron chi connectivity index (χ1n) is 4.90. The molecule has 1 atom stereocenters. The standard InChI is InChI=1S/C12H16ClNO/c1-7-5-9(3)10(6-8(7)2)11(13)12(15)14-4/h5-6,11H,1-4H3,(H,14,15). The summed E-state index contributed by atoms with van der Waals surface area (Å²) < 4.78 is 0. The monoisotopic (exact) mass is 225 g/mol. The number of carbonyl (C=O) groups excluding carboxylic acids is 1. The van der Waals surface area contributed by atoms with Crippen molar-refractivity contribution in [2.75, 3.05) is 7.05 Å². The van der Waals surface area contributed by atoms with Gasteiger partial charge in [-0.15, -0.1) is 11.6 Å². The van der Waals surface area contributed by atoms with E-state index in [1.54, 1.807) is 7.05 Å². The molecule has 0 saturated carbocycles. The summed E-state index contributed by atoms with van der Waals surface area (Å²) in [4.78, 5) is 11.4. The second-order valence-corrected chi connectivity index (χ2v) is 4.21. The summed E-state index contributed by atoms with van der Waals surface area (Å²) in [6, 6.07) is 4.04. The van der Waals surface area contributed by atoms with Crippen LogP contribution in [0.1, 0.15) is 27.6 Å². The van der Waals surface area contributed by atoms with Gasteiger partial charge in [0.15, 0.2) is 0 Å². The first-order valence-corrected chi connectivity index (χ1v) is 5.34. The topological polar surface area (TPSA) is 29.1 Å². The van der Waals surface area contributed by atoms with Gasteiger partial charge in [-0.3, -0.25) is 4.79 Å². The van der Waals surface area contributed by atoms with Crippen LogP contribution < -0.4 is 5.32 Å². The van der Waals surface area contributed by atoms with Crippen LogP contribution in [-0.2, 0) is 4.79 Å². The van der Waals surface area contributed by atoms with Gasteiger partial charge in [-0.1, -0.05) is 12.1 Å². The average Bonchev–Trinajstić information content (AvgIpc) is 2.21. The quantitative estimate of drug-likeness (QED) is 0.771. The maximum atomic E-state index is 11.4. The minimum absolute atomic E-state index is 0.164. The molecule has 0 aliphatic carbocycles. The first kappa shape index (κ1) is 12.1. The number of nitrogens with one attached hydrogen (secondary N) is 1. The zero-order valence-electron chi connectivity index (χ0n) is 9.52. The lowest BCUT2D eigenvalue weighted by atomic mass is 9.98. The van der Waals surface area contributed by atoms with Crippen molar-refractivity contribution in [3.63, 3.8) is 0 Å². The van der Waals surface area contributed by atoms with E-state index in [2.05, 4.69) is 18.3 Å². The Hall–Kier alpha value is -1.02. The van der Waals surface area contributed by atoms with Crippen LogP contribution >= 0.6 is 11.6 Å². The van der Waals surface area contributed by atoms with E-state index in [1.165, 1.54) is 5.56 Å². The maximum absolute atomic E-state index is 11.4. The molecule has 2 nitrogen and oxygen atoms in total. The second-order valence-electron chi connectivity index (χ2n) is 3.77. The molecule has 0 aliphatic rings. The van der Waals surface area contributed by atoms with E-state index in [0.717, 1.165) is 16.7 Å². The van der Waals surface area contributed by atoms with Crippen LogP contribution in [0.5, 0.6) is 0 Å². The summed E-state index contributed by atoms with van der Waals surface area (Å²) in [7, 11) is 1.59. The highest BCUT2D eigenvalue weighted by atomic mass is 35.5. The van der Waals surface area contributed by atoms with Crippen molar-refractivity contribution in [2.24, 2.45) is 0 Å². The zero-order valence-corrected chi connectivity index (χ0v) is 10.3. The highest BCUT2D eigenvalue weighted by molar-refractivity contribution is 6.30. The van der Waals surface area contributed by atoms with Crippen molar-refractivity contribution in [3.8, 4) is 0 Å². The van der Waals surface area contributed by atoms with Crippen molar-refractivity contribution in [1.29, 1.82) is 0 Å². The smallest absolute Gasteiger partial charge is 0.242 e. The fraction of sp³-hybridized carbons (Fsp3) is 0.417. The van der Waals surface area contributed by atoms with E-state index in [9.17, 15) is 4.79 Å². The molecule has 0 aromatic heterocycles. The molecule has 1 amide bonds. The van der Waals surface area contributed by atoms with Crippen molar-refractivity contribution < 1.29 is 4.79 Å². The van der Waals surface area contributed by atoms with E-state index in [-0.39, 0.29) is 5.91 Å². The second kappa shape index (κ2) is 4.67. The van der Waals surface area contributed by atoms with Crippen LogP contribution in [0.3, 0.4) is 0 Å². The summed E-state index contributed by atoms with van der Waals surface area (Å²) in [6.07, 6.45) is 0. The minimum Gasteiger partial charge on any atom is -0.358 e. The number of hydrogen-bond donors (Lipinski definition) is 1. The van der Waals surface area contributed by atoms with Gasteiger partial charge in [0.2, 0.25) is 5.91 Å². The number of benzene rings is 1. The highest BCUT2D eigenvalue weighted by Crippen LogP contribution is 2.26. The molecular formula is C12H16ClNO. The fourth-order valence-corrected chi connectivity index (χ4v) is 1.87. The lowest BCUT2D eigenvalue weighted by Crippen LogP contribution is -2.23. The number of rotatable bonds is 2. The average molecular weight is 226 g/mol. The van der Waals surface area contributed by atoms with Gasteiger partial charge in [0.1, 0.15) is 5.38 Å². The Morgan fingerprint density at radius 2 is 1.73 bits per heavy atom. The van der Waals surface area contributed by atoms with Gasteiger partial charge in [-0.05, 0) is 43.0 Å². The summed E-state index contributed by atoms with van der Waals surface area (Å²) in [5.74, 6) is -0.164. The fourth-order valence-electron chi connectivity index (χ4n) is 1.52. The Balaban J connectivity index is 3.14. The van der Waals surface area contributed by atoms with E-state index in [1.807, 2.05) is 19.9 Å². The molecule has 0 fully saturated rings. The molecule has 1 unspecified atom stereocenters. The van der Waals surface area contributed by atoms with E-state index < -0.39 is 5.38 Å². The van der Waals surface area contributed by atoms with E-state index >= 15 is 0 Å². The molecule has 3 heteroatoms. The number of alkyl halides is 1.